The van der Waals surface area contributed by atoms with E-state index in [1.54, 1.807) is 0 Å². The first kappa shape index (κ1) is 18.7. The van der Waals surface area contributed by atoms with E-state index in [0.717, 1.165) is 50.2 Å². The fourth-order valence-electron chi connectivity index (χ4n) is 3.26. The summed E-state index contributed by atoms with van der Waals surface area (Å²) in [5, 5.41) is 13.1. The molecule has 8 heteroatoms. The number of aromatic amines is 1. The Morgan fingerprint density at radius 2 is 1.92 bits per heavy atom. The third kappa shape index (κ3) is 4.48. The first-order valence-electron chi connectivity index (χ1n) is 8.58. The number of fused-ring (bicyclic) bond motifs is 1. The molecule has 0 aromatic carbocycles. The minimum atomic E-state index is -0.199. The summed E-state index contributed by atoms with van der Waals surface area (Å²) in [6.07, 6.45) is 5.81. The minimum Gasteiger partial charge on any atom is -0.350 e. The Hall–Kier alpha value is -1.60. The van der Waals surface area contributed by atoms with Gasteiger partial charge in [-0.15, -0.1) is 12.4 Å². The number of aromatic nitrogens is 2. The van der Waals surface area contributed by atoms with Gasteiger partial charge in [0.15, 0.2) is 5.69 Å². The van der Waals surface area contributed by atoms with E-state index in [4.69, 9.17) is 0 Å². The molecule has 2 aliphatic heterocycles. The lowest BCUT2D eigenvalue weighted by Crippen LogP contribution is -2.35. The van der Waals surface area contributed by atoms with Gasteiger partial charge >= 0.3 is 0 Å². The van der Waals surface area contributed by atoms with E-state index in [-0.39, 0.29) is 24.2 Å². The second-order valence-corrected chi connectivity index (χ2v) is 6.26. The van der Waals surface area contributed by atoms with Gasteiger partial charge in [-0.05, 0) is 12.8 Å². The lowest BCUT2D eigenvalue weighted by atomic mass is 10.1. The highest BCUT2D eigenvalue weighted by atomic mass is 35.5. The second kappa shape index (κ2) is 9.03. The first-order chi connectivity index (χ1) is 11.3. The second-order valence-electron chi connectivity index (χ2n) is 6.26. The summed E-state index contributed by atoms with van der Waals surface area (Å²) in [6.45, 7) is 3.64. The molecule has 0 spiro atoms. The van der Waals surface area contributed by atoms with Crippen molar-refractivity contribution in [3.05, 3.63) is 17.0 Å². The number of carbonyl (C=O) groups is 2. The molecular formula is C16H26ClN5O2. The van der Waals surface area contributed by atoms with Crippen LogP contribution in [0.5, 0.6) is 0 Å². The van der Waals surface area contributed by atoms with Crippen molar-refractivity contribution >= 4 is 24.2 Å². The fraction of sp³-hybridized carbons (Fsp3) is 0.688. The van der Waals surface area contributed by atoms with Crippen LogP contribution in [0.25, 0.3) is 0 Å². The van der Waals surface area contributed by atoms with E-state index in [1.165, 1.54) is 12.8 Å². The van der Waals surface area contributed by atoms with Crippen LogP contribution in [0.4, 0.5) is 0 Å². The maximum atomic E-state index is 12.2. The summed E-state index contributed by atoms with van der Waals surface area (Å²) >= 11 is 0. The van der Waals surface area contributed by atoms with Gasteiger partial charge in [-0.25, -0.2) is 0 Å². The van der Waals surface area contributed by atoms with Crippen LogP contribution in [-0.2, 0) is 17.8 Å². The molecule has 0 unspecified atom stereocenters. The van der Waals surface area contributed by atoms with Crippen molar-refractivity contribution in [3.8, 4) is 0 Å². The number of nitrogens with one attached hydrogen (secondary N) is 3. The molecule has 1 saturated heterocycles. The average Bonchev–Trinajstić information content (AvgIpc) is 2.80. The summed E-state index contributed by atoms with van der Waals surface area (Å²) in [4.78, 5) is 26.4. The van der Waals surface area contributed by atoms with E-state index < -0.39 is 0 Å². The maximum absolute atomic E-state index is 12.2. The van der Waals surface area contributed by atoms with Crippen LogP contribution >= 0.6 is 12.4 Å². The van der Waals surface area contributed by atoms with Crippen LogP contribution in [0.15, 0.2) is 0 Å². The largest absolute Gasteiger partial charge is 0.350 e. The quantitative estimate of drug-likeness (QED) is 0.751. The van der Waals surface area contributed by atoms with Gasteiger partial charge in [0, 0.05) is 56.8 Å². The van der Waals surface area contributed by atoms with E-state index >= 15 is 0 Å². The third-order valence-electron chi connectivity index (χ3n) is 4.60. The summed E-state index contributed by atoms with van der Waals surface area (Å²) in [5.41, 5.74) is 2.44. The van der Waals surface area contributed by atoms with Gasteiger partial charge in [0.05, 0.1) is 0 Å². The Morgan fingerprint density at radius 1 is 1.17 bits per heavy atom. The number of likely N-dealkylation sites (tertiary alicyclic amines) is 1. The Bertz CT molecular complexity index is 567. The highest BCUT2D eigenvalue weighted by Gasteiger charge is 2.22. The maximum Gasteiger partial charge on any atom is 0.272 e. The minimum absolute atomic E-state index is 0. The third-order valence-corrected chi connectivity index (χ3v) is 4.60. The van der Waals surface area contributed by atoms with Crippen LogP contribution in [-0.4, -0.2) is 53.1 Å². The number of hydrogen-bond donors (Lipinski definition) is 3. The summed E-state index contributed by atoms with van der Waals surface area (Å²) in [7, 11) is 0. The number of H-pyrrole nitrogens is 1. The molecule has 1 aromatic rings. The molecule has 24 heavy (non-hydrogen) atoms. The zero-order chi connectivity index (χ0) is 16.1. The summed E-state index contributed by atoms with van der Waals surface area (Å²) < 4.78 is 0. The molecule has 2 aliphatic rings. The number of hydrogen-bond acceptors (Lipinski definition) is 4. The van der Waals surface area contributed by atoms with E-state index in [1.807, 2.05) is 4.90 Å². The van der Waals surface area contributed by atoms with Crippen molar-refractivity contribution in [2.24, 2.45) is 0 Å². The average molecular weight is 356 g/mol. The summed E-state index contributed by atoms with van der Waals surface area (Å²) in [5.74, 6) is -0.0622. The molecule has 3 N–H and O–H groups in total. The van der Waals surface area contributed by atoms with Gasteiger partial charge in [0.1, 0.15) is 0 Å². The molecule has 3 rings (SSSR count). The molecular weight excluding hydrogens is 330 g/mol. The topological polar surface area (TPSA) is 90.1 Å². The molecule has 2 amide bonds. The Balaban J connectivity index is 0.00000208. The lowest BCUT2D eigenvalue weighted by Gasteiger charge is -2.20. The van der Waals surface area contributed by atoms with Crippen LogP contribution in [0.3, 0.4) is 0 Å². The molecule has 0 saturated carbocycles. The van der Waals surface area contributed by atoms with Crippen LogP contribution in [0.2, 0.25) is 0 Å². The lowest BCUT2D eigenvalue weighted by molar-refractivity contribution is -0.131. The molecule has 7 nitrogen and oxygen atoms in total. The first-order valence-corrected chi connectivity index (χ1v) is 8.58. The smallest absolute Gasteiger partial charge is 0.272 e. The normalized spacial score (nSPS) is 17.4. The number of nitrogens with zero attached hydrogens (tertiary/aromatic N) is 2. The molecule has 0 atom stereocenters. The van der Waals surface area contributed by atoms with Gasteiger partial charge in [-0.2, -0.15) is 5.10 Å². The van der Waals surface area contributed by atoms with Gasteiger partial charge in [-0.1, -0.05) is 12.8 Å². The predicted molar refractivity (Wildman–Crippen MR) is 93.2 cm³/mol. The van der Waals surface area contributed by atoms with Crippen molar-refractivity contribution in [2.45, 2.75) is 45.1 Å². The van der Waals surface area contributed by atoms with E-state index in [2.05, 4.69) is 20.8 Å². The molecule has 1 aromatic heterocycles. The highest BCUT2D eigenvalue weighted by Crippen LogP contribution is 2.15. The van der Waals surface area contributed by atoms with Crippen molar-refractivity contribution in [3.63, 3.8) is 0 Å². The van der Waals surface area contributed by atoms with Crippen LogP contribution < -0.4 is 10.6 Å². The van der Waals surface area contributed by atoms with E-state index in [9.17, 15) is 9.59 Å². The van der Waals surface area contributed by atoms with Gasteiger partial charge in [0.25, 0.3) is 5.91 Å². The van der Waals surface area contributed by atoms with E-state index in [0.29, 0.717) is 25.2 Å². The van der Waals surface area contributed by atoms with Crippen molar-refractivity contribution in [2.75, 3.05) is 26.2 Å². The number of halogens is 1. The molecule has 134 valence electrons. The Kier molecular flexibility index (Phi) is 7.05. The zero-order valence-corrected chi connectivity index (χ0v) is 14.7. The predicted octanol–water partition coefficient (Wildman–Crippen LogP) is 1.000. The van der Waals surface area contributed by atoms with Gasteiger partial charge in [0.2, 0.25) is 5.91 Å². The van der Waals surface area contributed by atoms with Crippen molar-refractivity contribution < 1.29 is 9.59 Å². The Labute approximate surface area is 148 Å². The standard InChI is InChI=1S/C16H25N5O2.ClH/c22-14(21-9-3-1-2-4-10-21)6-8-18-16(23)15-12-11-17-7-5-13(12)19-20-15;/h17H,1-11H2,(H,18,23)(H,19,20);1H. The van der Waals surface area contributed by atoms with Crippen molar-refractivity contribution in [1.82, 2.24) is 25.7 Å². The number of carbonyl (C=O) groups excluding carboxylic acids is 2. The number of rotatable bonds is 4. The monoisotopic (exact) mass is 355 g/mol. The molecule has 0 aliphatic carbocycles. The number of amides is 2. The van der Waals surface area contributed by atoms with Gasteiger partial charge < -0.3 is 15.5 Å². The Morgan fingerprint density at radius 3 is 2.67 bits per heavy atom. The van der Waals surface area contributed by atoms with Crippen molar-refractivity contribution in [1.29, 1.82) is 0 Å². The fourth-order valence-corrected chi connectivity index (χ4v) is 3.26. The van der Waals surface area contributed by atoms with Crippen LogP contribution in [0, 0.1) is 0 Å². The molecule has 0 bridgehead atoms. The molecule has 0 radical (unpaired) electrons. The van der Waals surface area contributed by atoms with Crippen LogP contribution in [0.1, 0.15) is 53.8 Å². The molecule has 3 heterocycles. The van der Waals surface area contributed by atoms with Gasteiger partial charge in [-0.3, -0.25) is 14.7 Å². The SMILES string of the molecule is Cl.O=C(NCCC(=O)N1CCCCCC1)c1n[nH]c2c1CNCC2. The zero-order valence-electron chi connectivity index (χ0n) is 13.9. The summed E-state index contributed by atoms with van der Waals surface area (Å²) in [6, 6.07) is 0. The highest BCUT2D eigenvalue weighted by molar-refractivity contribution is 5.94. The molecule has 1 fully saturated rings.